The number of imidazole rings is 1. The number of aliphatic carboxylic acids is 1. The molecule has 0 fully saturated rings. The van der Waals surface area contributed by atoms with Crippen molar-refractivity contribution in [2.45, 2.75) is 38.8 Å². The van der Waals surface area contributed by atoms with Gasteiger partial charge in [-0.1, -0.05) is 0 Å². The Balaban J connectivity index is 2.08. The quantitative estimate of drug-likeness (QED) is 0.777. The fraction of sp³-hybridized carbons (Fsp3) is 0.400. The Kier molecular flexibility index (Phi) is 4.35. The summed E-state index contributed by atoms with van der Waals surface area (Å²) in [5.74, 6) is -1.49. The molecule has 0 aliphatic carbocycles. The number of carboxylic acid groups (broad SMARTS) is 1. The van der Waals surface area contributed by atoms with E-state index in [9.17, 15) is 14.7 Å². The molecule has 2 rings (SSSR count). The van der Waals surface area contributed by atoms with Gasteiger partial charge in [-0.3, -0.25) is 4.79 Å². The van der Waals surface area contributed by atoms with Gasteiger partial charge in [0, 0.05) is 36.2 Å². The molecule has 7 nitrogen and oxygen atoms in total. The molecule has 1 atom stereocenters. The second kappa shape index (κ2) is 6.05. The predicted octanol–water partition coefficient (Wildman–Crippen LogP) is 1.39. The third-order valence-electron chi connectivity index (χ3n) is 3.31. The lowest BCUT2D eigenvalue weighted by molar-refractivity contribution is -0.139. The molecule has 0 aromatic carbocycles. The molecule has 0 aliphatic heterocycles. The first-order valence-corrected chi connectivity index (χ1v) is 6.97. The lowest BCUT2D eigenvalue weighted by atomic mass is 10.1. The summed E-state index contributed by atoms with van der Waals surface area (Å²) in [5.41, 5.74) is 0.950. The van der Waals surface area contributed by atoms with Gasteiger partial charge in [0.2, 0.25) is 0 Å². The zero-order valence-corrected chi connectivity index (χ0v) is 12.8. The number of H-pyrrole nitrogens is 1. The van der Waals surface area contributed by atoms with Crippen LogP contribution in [0.3, 0.4) is 0 Å². The fourth-order valence-electron chi connectivity index (χ4n) is 2.01. The van der Waals surface area contributed by atoms with Crippen LogP contribution in [0.1, 0.15) is 36.8 Å². The lowest BCUT2D eigenvalue weighted by Gasteiger charge is -2.20. The molecule has 7 heteroatoms. The van der Waals surface area contributed by atoms with Gasteiger partial charge in [-0.25, -0.2) is 9.78 Å². The number of aromatic nitrogens is 3. The van der Waals surface area contributed by atoms with E-state index in [0.717, 1.165) is 0 Å². The van der Waals surface area contributed by atoms with Gasteiger partial charge in [0.15, 0.2) is 0 Å². The smallest absolute Gasteiger partial charge is 0.326 e. The van der Waals surface area contributed by atoms with Crippen LogP contribution in [0.15, 0.2) is 31.0 Å². The van der Waals surface area contributed by atoms with E-state index in [2.05, 4.69) is 15.3 Å². The fourth-order valence-corrected chi connectivity index (χ4v) is 2.01. The van der Waals surface area contributed by atoms with E-state index in [1.807, 2.05) is 25.3 Å². The summed E-state index contributed by atoms with van der Waals surface area (Å²) in [7, 11) is 0. The molecular weight excluding hydrogens is 284 g/mol. The van der Waals surface area contributed by atoms with Gasteiger partial charge >= 0.3 is 5.97 Å². The second-order valence-electron chi connectivity index (χ2n) is 6.12. The maximum Gasteiger partial charge on any atom is 0.326 e. The van der Waals surface area contributed by atoms with E-state index in [4.69, 9.17) is 0 Å². The Hall–Kier alpha value is -2.57. The van der Waals surface area contributed by atoms with Gasteiger partial charge in [0.1, 0.15) is 6.04 Å². The predicted molar refractivity (Wildman–Crippen MR) is 80.6 cm³/mol. The highest BCUT2D eigenvalue weighted by Gasteiger charge is 2.23. The molecule has 2 heterocycles. The minimum atomic E-state index is -1.08. The van der Waals surface area contributed by atoms with Crippen LogP contribution in [-0.2, 0) is 16.8 Å². The van der Waals surface area contributed by atoms with Crippen LogP contribution in [0.5, 0.6) is 0 Å². The van der Waals surface area contributed by atoms with E-state index >= 15 is 0 Å². The SMILES string of the molecule is CC(C)(C)n1ccc(C(=O)NC(Cc2cnc[nH]2)C(=O)O)c1. The van der Waals surface area contributed by atoms with Crippen molar-refractivity contribution in [2.24, 2.45) is 0 Å². The van der Waals surface area contributed by atoms with Crippen LogP contribution in [0, 0.1) is 0 Å². The number of nitrogens with zero attached hydrogens (tertiary/aromatic N) is 2. The second-order valence-corrected chi connectivity index (χ2v) is 6.12. The number of amides is 1. The van der Waals surface area contributed by atoms with Crippen molar-refractivity contribution < 1.29 is 14.7 Å². The van der Waals surface area contributed by atoms with Crippen LogP contribution in [-0.4, -0.2) is 37.6 Å². The first-order chi connectivity index (χ1) is 10.3. The van der Waals surface area contributed by atoms with Crippen molar-refractivity contribution in [1.82, 2.24) is 19.9 Å². The zero-order chi connectivity index (χ0) is 16.3. The topological polar surface area (TPSA) is 100 Å². The summed E-state index contributed by atoms with van der Waals surface area (Å²) in [4.78, 5) is 30.2. The number of aromatic amines is 1. The van der Waals surface area contributed by atoms with E-state index in [0.29, 0.717) is 11.3 Å². The van der Waals surface area contributed by atoms with Crippen molar-refractivity contribution in [1.29, 1.82) is 0 Å². The van der Waals surface area contributed by atoms with Crippen LogP contribution < -0.4 is 5.32 Å². The van der Waals surface area contributed by atoms with Crippen LogP contribution in [0.4, 0.5) is 0 Å². The number of hydrogen-bond donors (Lipinski definition) is 3. The summed E-state index contributed by atoms with van der Waals surface area (Å²) < 4.78 is 1.91. The molecule has 0 saturated heterocycles. The standard InChI is InChI=1S/C15H20N4O3/c1-15(2,3)19-5-4-10(8-19)13(20)18-12(14(21)22)6-11-7-16-9-17-11/h4-5,7-9,12H,6H2,1-3H3,(H,16,17)(H,18,20)(H,21,22). The van der Waals surface area contributed by atoms with E-state index in [1.165, 1.54) is 12.5 Å². The minimum Gasteiger partial charge on any atom is -0.480 e. The number of hydrogen-bond acceptors (Lipinski definition) is 3. The van der Waals surface area contributed by atoms with Gasteiger partial charge in [-0.05, 0) is 26.8 Å². The molecule has 0 spiro atoms. The molecule has 22 heavy (non-hydrogen) atoms. The molecule has 2 aromatic heterocycles. The molecule has 3 N–H and O–H groups in total. The monoisotopic (exact) mass is 304 g/mol. The summed E-state index contributed by atoms with van der Waals surface area (Å²) in [6, 6.07) is 0.668. The maximum absolute atomic E-state index is 12.2. The number of rotatable bonds is 5. The average molecular weight is 304 g/mol. The average Bonchev–Trinajstić information content (AvgIpc) is 3.08. The number of nitrogens with one attached hydrogen (secondary N) is 2. The third kappa shape index (κ3) is 3.75. The van der Waals surface area contributed by atoms with E-state index in [-0.39, 0.29) is 12.0 Å². The number of carboxylic acids is 1. The Labute approximate surface area is 128 Å². The molecule has 0 aliphatic rings. The molecule has 1 amide bonds. The van der Waals surface area contributed by atoms with Gasteiger partial charge < -0.3 is 20.0 Å². The van der Waals surface area contributed by atoms with Crippen LogP contribution in [0.2, 0.25) is 0 Å². The highest BCUT2D eigenvalue weighted by atomic mass is 16.4. The Bertz CT molecular complexity index is 653. The molecule has 1 unspecified atom stereocenters. The summed E-state index contributed by atoms with van der Waals surface area (Å²) in [5, 5.41) is 11.8. The van der Waals surface area contributed by atoms with Gasteiger partial charge in [0.25, 0.3) is 5.91 Å². The van der Waals surface area contributed by atoms with Crippen molar-refractivity contribution in [2.75, 3.05) is 0 Å². The summed E-state index contributed by atoms with van der Waals surface area (Å²) in [6.07, 6.45) is 6.68. The van der Waals surface area contributed by atoms with Crippen molar-refractivity contribution in [3.8, 4) is 0 Å². The third-order valence-corrected chi connectivity index (χ3v) is 3.31. The number of carbonyl (C=O) groups excluding carboxylic acids is 1. The highest BCUT2D eigenvalue weighted by molar-refractivity contribution is 5.96. The van der Waals surface area contributed by atoms with Gasteiger partial charge in [0.05, 0.1) is 11.9 Å². The molecular formula is C15H20N4O3. The first-order valence-electron chi connectivity index (χ1n) is 6.97. The zero-order valence-electron chi connectivity index (χ0n) is 12.8. The van der Waals surface area contributed by atoms with Crippen LogP contribution >= 0.6 is 0 Å². The highest BCUT2D eigenvalue weighted by Crippen LogP contribution is 2.15. The Morgan fingerprint density at radius 1 is 1.45 bits per heavy atom. The summed E-state index contributed by atoms with van der Waals surface area (Å²) >= 11 is 0. The Morgan fingerprint density at radius 3 is 2.68 bits per heavy atom. The van der Waals surface area contributed by atoms with Gasteiger partial charge in [-0.15, -0.1) is 0 Å². The van der Waals surface area contributed by atoms with E-state index < -0.39 is 17.9 Å². The largest absolute Gasteiger partial charge is 0.480 e. The molecule has 0 radical (unpaired) electrons. The van der Waals surface area contributed by atoms with Gasteiger partial charge in [-0.2, -0.15) is 0 Å². The maximum atomic E-state index is 12.2. The van der Waals surface area contributed by atoms with Crippen LogP contribution in [0.25, 0.3) is 0 Å². The molecule has 118 valence electrons. The summed E-state index contributed by atoms with van der Waals surface area (Å²) in [6.45, 7) is 6.06. The molecule has 2 aromatic rings. The minimum absolute atomic E-state index is 0.138. The lowest BCUT2D eigenvalue weighted by Crippen LogP contribution is -2.42. The van der Waals surface area contributed by atoms with Crippen molar-refractivity contribution >= 4 is 11.9 Å². The van der Waals surface area contributed by atoms with Crippen molar-refractivity contribution in [3.63, 3.8) is 0 Å². The van der Waals surface area contributed by atoms with E-state index in [1.54, 1.807) is 18.5 Å². The molecule has 0 bridgehead atoms. The number of carbonyl (C=O) groups is 2. The molecule has 0 saturated carbocycles. The Morgan fingerprint density at radius 2 is 2.18 bits per heavy atom. The van der Waals surface area contributed by atoms with Crippen molar-refractivity contribution in [3.05, 3.63) is 42.2 Å². The normalized spacial score (nSPS) is 12.9. The first kappa shape index (κ1) is 15.8.